The molecule has 0 saturated heterocycles. The van der Waals surface area contributed by atoms with Crippen LogP contribution in [-0.4, -0.2) is 64.6 Å². The van der Waals surface area contributed by atoms with Crippen molar-refractivity contribution in [1.82, 2.24) is 25.0 Å². The van der Waals surface area contributed by atoms with Gasteiger partial charge in [0.1, 0.15) is 12.4 Å². The molecule has 0 fully saturated rings. The molecule has 2 heterocycles. The first-order valence-electron chi connectivity index (χ1n) is 10.2. The Hall–Kier alpha value is -2.65. The summed E-state index contributed by atoms with van der Waals surface area (Å²) < 4.78 is 12.3. The maximum atomic E-state index is 12.1. The molecule has 0 radical (unpaired) electrons. The molecule has 2 aromatic rings. The first kappa shape index (κ1) is 22.0. The lowest BCUT2D eigenvalue weighted by Gasteiger charge is -2.23. The number of carbonyl (C=O) groups excluding carboxylic acids is 1. The number of methoxy groups -OCH3 is 2. The van der Waals surface area contributed by atoms with E-state index in [0.29, 0.717) is 5.75 Å². The predicted octanol–water partition coefficient (Wildman–Crippen LogP) is 1.51. The van der Waals surface area contributed by atoms with Gasteiger partial charge in [-0.25, -0.2) is 0 Å². The van der Waals surface area contributed by atoms with E-state index in [1.165, 1.54) is 7.11 Å². The van der Waals surface area contributed by atoms with Crippen molar-refractivity contribution in [3.05, 3.63) is 35.4 Å². The predicted molar refractivity (Wildman–Crippen MR) is 111 cm³/mol. The lowest BCUT2D eigenvalue weighted by molar-refractivity contribution is -0.125. The molecule has 30 heavy (non-hydrogen) atoms. The third-order valence-corrected chi connectivity index (χ3v) is 5.33. The zero-order valence-corrected chi connectivity index (χ0v) is 18.1. The molecule has 1 amide bonds. The Bertz CT molecular complexity index is 867. The van der Waals surface area contributed by atoms with E-state index < -0.39 is 0 Å². The van der Waals surface area contributed by atoms with Crippen molar-refractivity contribution < 1.29 is 19.4 Å². The number of amides is 1. The number of aromatic nitrogens is 3. The van der Waals surface area contributed by atoms with Crippen LogP contribution < -0.4 is 10.1 Å². The minimum absolute atomic E-state index is 0.0219. The summed E-state index contributed by atoms with van der Waals surface area (Å²) in [5.74, 6) is 2.35. The summed E-state index contributed by atoms with van der Waals surface area (Å²) in [6, 6.07) is 5.22. The van der Waals surface area contributed by atoms with E-state index in [-0.39, 0.29) is 30.2 Å². The minimum atomic E-state index is -0.221. The fourth-order valence-corrected chi connectivity index (χ4v) is 3.73. The van der Waals surface area contributed by atoms with Crippen LogP contribution in [0.1, 0.15) is 37.1 Å². The second-order valence-corrected chi connectivity index (χ2v) is 7.88. The van der Waals surface area contributed by atoms with Gasteiger partial charge in [0, 0.05) is 39.7 Å². The van der Waals surface area contributed by atoms with Crippen molar-refractivity contribution in [2.75, 3.05) is 33.9 Å². The van der Waals surface area contributed by atoms with E-state index in [0.717, 1.165) is 49.8 Å². The molecule has 1 aliphatic heterocycles. The van der Waals surface area contributed by atoms with Gasteiger partial charge in [-0.15, -0.1) is 10.2 Å². The van der Waals surface area contributed by atoms with Crippen LogP contribution >= 0.6 is 0 Å². The number of phenols is 1. The minimum Gasteiger partial charge on any atom is -0.504 e. The Morgan fingerprint density at radius 3 is 2.73 bits per heavy atom. The Kier molecular flexibility index (Phi) is 7.28. The van der Waals surface area contributed by atoms with Gasteiger partial charge in [-0.05, 0) is 23.6 Å². The fraction of sp³-hybridized carbons (Fsp3) is 0.571. The summed E-state index contributed by atoms with van der Waals surface area (Å²) in [7, 11) is 3.06. The number of fused-ring (bicyclic) bond motifs is 1. The van der Waals surface area contributed by atoms with Crippen molar-refractivity contribution in [1.29, 1.82) is 0 Å². The van der Waals surface area contributed by atoms with Gasteiger partial charge in [-0.2, -0.15) is 0 Å². The molecular formula is C21H31N5O4. The SMILES string of the molecule is COCC(=O)NC(c1nnc2n1CCN(Cc1ccc(O)c(OC)c1)CC2)C(C)C. The molecule has 1 aromatic heterocycles. The van der Waals surface area contributed by atoms with E-state index >= 15 is 0 Å². The van der Waals surface area contributed by atoms with Crippen LogP contribution in [0, 0.1) is 5.92 Å². The number of aromatic hydroxyl groups is 1. The molecule has 164 valence electrons. The summed E-state index contributed by atoms with van der Waals surface area (Å²) in [6.07, 6.45) is 0.777. The number of nitrogens with zero attached hydrogens (tertiary/aromatic N) is 4. The first-order chi connectivity index (χ1) is 14.4. The highest BCUT2D eigenvalue weighted by molar-refractivity contribution is 5.77. The van der Waals surface area contributed by atoms with Crippen LogP contribution in [0.4, 0.5) is 0 Å². The maximum absolute atomic E-state index is 12.1. The number of hydrogen-bond donors (Lipinski definition) is 2. The number of rotatable bonds is 8. The Morgan fingerprint density at radius 1 is 1.23 bits per heavy atom. The van der Waals surface area contributed by atoms with Gasteiger partial charge in [0.05, 0.1) is 13.2 Å². The van der Waals surface area contributed by atoms with Crippen molar-refractivity contribution in [3.8, 4) is 11.5 Å². The molecule has 1 atom stereocenters. The Balaban J connectivity index is 1.71. The molecule has 0 saturated carbocycles. The number of carbonyl (C=O) groups is 1. The van der Waals surface area contributed by atoms with Gasteiger partial charge in [0.15, 0.2) is 17.3 Å². The van der Waals surface area contributed by atoms with Gasteiger partial charge in [-0.3, -0.25) is 9.69 Å². The summed E-state index contributed by atoms with van der Waals surface area (Å²) in [6.45, 7) is 7.32. The molecule has 1 aromatic carbocycles. The van der Waals surface area contributed by atoms with Crippen LogP contribution in [0.15, 0.2) is 18.2 Å². The fourth-order valence-electron chi connectivity index (χ4n) is 3.73. The van der Waals surface area contributed by atoms with Crippen LogP contribution in [0.3, 0.4) is 0 Å². The van der Waals surface area contributed by atoms with Gasteiger partial charge >= 0.3 is 0 Å². The van der Waals surface area contributed by atoms with Crippen molar-refractivity contribution in [2.45, 2.75) is 39.4 Å². The van der Waals surface area contributed by atoms with Crippen LogP contribution in [0.5, 0.6) is 11.5 Å². The lowest BCUT2D eigenvalue weighted by atomic mass is 10.0. The zero-order chi connectivity index (χ0) is 21.7. The molecule has 0 bridgehead atoms. The van der Waals surface area contributed by atoms with E-state index in [9.17, 15) is 9.90 Å². The topological polar surface area (TPSA) is 102 Å². The Labute approximate surface area is 177 Å². The molecule has 3 rings (SSSR count). The van der Waals surface area contributed by atoms with Crippen LogP contribution in [-0.2, 0) is 29.0 Å². The first-order valence-corrected chi connectivity index (χ1v) is 10.2. The quantitative estimate of drug-likeness (QED) is 0.671. The van der Waals surface area contributed by atoms with Crippen molar-refractivity contribution in [2.24, 2.45) is 5.92 Å². The van der Waals surface area contributed by atoms with Crippen LogP contribution in [0.25, 0.3) is 0 Å². The van der Waals surface area contributed by atoms with Crippen LogP contribution in [0.2, 0.25) is 0 Å². The summed E-state index contributed by atoms with van der Waals surface area (Å²) in [4.78, 5) is 14.4. The largest absolute Gasteiger partial charge is 0.504 e. The highest BCUT2D eigenvalue weighted by Gasteiger charge is 2.27. The smallest absolute Gasteiger partial charge is 0.246 e. The molecule has 2 N–H and O–H groups in total. The average molecular weight is 418 g/mol. The van der Waals surface area contributed by atoms with Gasteiger partial charge < -0.3 is 24.5 Å². The highest BCUT2D eigenvalue weighted by atomic mass is 16.5. The summed E-state index contributed by atoms with van der Waals surface area (Å²) in [5.41, 5.74) is 1.08. The van der Waals surface area contributed by atoms with E-state index in [4.69, 9.17) is 9.47 Å². The number of hydrogen-bond acceptors (Lipinski definition) is 7. The number of phenolic OH excluding ortho intramolecular Hbond substituents is 1. The van der Waals surface area contributed by atoms with E-state index in [1.807, 2.05) is 12.1 Å². The van der Waals surface area contributed by atoms with Gasteiger partial charge in [0.25, 0.3) is 0 Å². The molecule has 1 aliphatic rings. The third kappa shape index (κ3) is 5.09. The molecule has 0 aliphatic carbocycles. The average Bonchev–Trinajstić information content (AvgIpc) is 3.01. The second-order valence-electron chi connectivity index (χ2n) is 7.88. The maximum Gasteiger partial charge on any atom is 0.246 e. The number of ether oxygens (including phenoxy) is 2. The van der Waals surface area contributed by atoms with Crippen molar-refractivity contribution in [3.63, 3.8) is 0 Å². The number of benzene rings is 1. The van der Waals surface area contributed by atoms with Gasteiger partial charge in [0.2, 0.25) is 5.91 Å². The zero-order valence-electron chi connectivity index (χ0n) is 18.1. The summed E-state index contributed by atoms with van der Waals surface area (Å²) >= 11 is 0. The molecular weight excluding hydrogens is 386 g/mol. The van der Waals surface area contributed by atoms with E-state index in [1.54, 1.807) is 13.2 Å². The Morgan fingerprint density at radius 2 is 2.03 bits per heavy atom. The molecule has 1 unspecified atom stereocenters. The lowest BCUT2D eigenvalue weighted by Crippen LogP contribution is -2.36. The second kappa shape index (κ2) is 9.90. The normalized spacial score (nSPS) is 15.5. The standard InChI is InChI=1S/C21H31N5O4/c1-14(2)20(22-19(28)13-29-3)21-24-23-18-7-8-25(9-10-26(18)21)12-15-5-6-16(27)17(11-15)30-4/h5-6,11,14,20,27H,7-10,12-13H2,1-4H3,(H,22,28). The number of nitrogens with one attached hydrogen (secondary N) is 1. The molecule has 9 heteroatoms. The van der Waals surface area contributed by atoms with E-state index in [2.05, 4.69) is 38.8 Å². The molecule has 9 nitrogen and oxygen atoms in total. The highest BCUT2D eigenvalue weighted by Crippen LogP contribution is 2.27. The molecule has 0 spiro atoms. The van der Waals surface area contributed by atoms with Crippen molar-refractivity contribution >= 4 is 5.91 Å². The summed E-state index contributed by atoms with van der Waals surface area (Å²) in [5, 5.41) is 21.6. The van der Waals surface area contributed by atoms with Gasteiger partial charge in [-0.1, -0.05) is 19.9 Å². The third-order valence-electron chi connectivity index (χ3n) is 5.33. The monoisotopic (exact) mass is 417 g/mol.